The van der Waals surface area contributed by atoms with Gasteiger partial charge in [-0.25, -0.2) is 0 Å². The van der Waals surface area contributed by atoms with Crippen molar-refractivity contribution < 1.29 is 33.0 Å². The van der Waals surface area contributed by atoms with Gasteiger partial charge in [0.05, 0.1) is 45.6 Å². The summed E-state index contributed by atoms with van der Waals surface area (Å²) in [5.41, 5.74) is 6.90. The number of hydrogen-bond donors (Lipinski definition) is 1. The smallest absolute Gasteiger partial charge is 0.305 e. The minimum Gasteiger partial charge on any atom is -0.493 e. The van der Waals surface area contributed by atoms with Crippen molar-refractivity contribution in [1.29, 1.82) is 0 Å². The molecule has 35 heavy (non-hydrogen) atoms. The zero-order valence-electron chi connectivity index (χ0n) is 22.4. The van der Waals surface area contributed by atoms with Gasteiger partial charge in [-0.1, -0.05) is 20.8 Å². The fourth-order valence-electron chi connectivity index (χ4n) is 3.77. The number of carbonyl (C=O) groups is 2. The number of nitrogens with two attached hydrogens (primary N) is 1. The van der Waals surface area contributed by atoms with Crippen molar-refractivity contribution in [3.63, 3.8) is 0 Å². The van der Waals surface area contributed by atoms with Crippen molar-refractivity contribution in [2.24, 2.45) is 0 Å². The van der Waals surface area contributed by atoms with E-state index in [1.165, 1.54) is 21.3 Å². The van der Waals surface area contributed by atoms with Gasteiger partial charge in [0, 0.05) is 31.3 Å². The fourth-order valence-corrected chi connectivity index (χ4v) is 4.79. The molecule has 0 bridgehead atoms. The number of anilines is 1. The van der Waals surface area contributed by atoms with Crippen LogP contribution in [0.5, 0.6) is 11.5 Å². The highest BCUT2D eigenvalue weighted by Crippen LogP contribution is 2.38. The van der Waals surface area contributed by atoms with E-state index in [0.717, 1.165) is 0 Å². The molecule has 0 spiro atoms. The van der Waals surface area contributed by atoms with E-state index in [1.807, 2.05) is 0 Å². The number of rotatable bonds is 11. The molecule has 0 saturated carbocycles. The van der Waals surface area contributed by atoms with Gasteiger partial charge in [0.2, 0.25) is 0 Å². The van der Waals surface area contributed by atoms with E-state index in [0.29, 0.717) is 61.8 Å². The van der Waals surface area contributed by atoms with Gasteiger partial charge < -0.3 is 34.0 Å². The Hall–Kier alpha value is -2.30. The molecule has 9 nitrogen and oxygen atoms in total. The van der Waals surface area contributed by atoms with Crippen LogP contribution in [0.15, 0.2) is 12.1 Å². The second-order valence-electron chi connectivity index (χ2n) is 10.3. The minimum absolute atomic E-state index is 0.0328. The molecule has 1 saturated heterocycles. The van der Waals surface area contributed by atoms with Crippen molar-refractivity contribution in [3.05, 3.63) is 17.7 Å². The van der Waals surface area contributed by atoms with Crippen LogP contribution >= 0.6 is 0 Å². The second-order valence-corrected chi connectivity index (χ2v) is 15.1. The number of methoxy groups -OCH3 is 3. The molecule has 1 aromatic rings. The number of esters is 1. The third-order valence-corrected chi connectivity index (χ3v) is 11.5. The summed E-state index contributed by atoms with van der Waals surface area (Å²) >= 11 is 0. The summed E-state index contributed by atoms with van der Waals surface area (Å²) < 4.78 is 28.0. The van der Waals surface area contributed by atoms with Gasteiger partial charge in [-0.2, -0.15) is 0 Å². The van der Waals surface area contributed by atoms with Crippen molar-refractivity contribution in [1.82, 2.24) is 4.90 Å². The predicted molar refractivity (Wildman–Crippen MR) is 138 cm³/mol. The molecule has 1 aromatic carbocycles. The van der Waals surface area contributed by atoms with E-state index in [4.69, 9.17) is 29.1 Å². The van der Waals surface area contributed by atoms with Crippen LogP contribution in [0.25, 0.3) is 0 Å². The maximum Gasteiger partial charge on any atom is 0.305 e. The summed E-state index contributed by atoms with van der Waals surface area (Å²) in [5, 5.41) is 0.0328. The highest BCUT2D eigenvalue weighted by molar-refractivity contribution is 6.74. The lowest BCUT2D eigenvalue weighted by molar-refractivity contribution is -0.141. The predicted octanol–water partition coefficient (Wildman–Crippen LogP) is 3.86. The molecule has 1 fully saturated rings. The van der Waals surface area contributed by atoms with Gasteiger partial charge in [-0.15, -0.1) is 0 Å². The van der Waals surface area contributed by atoms with E-state index in [2.05, 4.69) is 33.9 Å². The fraction of sp³-hybridized carbons (Fsp3) is 0.680. The SMILES string of the molecule is COC(=O)CCCO[C@H]1CCN(C(=O)c2cc(OC)c(OC)cc2N)[C@@H]1CO[Si](C)(C)C(C)(C)C. The molecule has 1 heterocycles. The van der Waals surface area contributed by atoms with Crippen LogP contribution in [0.1, 0.15) is 50.4 Å². The van der Waals surface area contributed by atoms with Crippen molar-refractivity contribution >= 4 is 25.9 Å². The Morgan fingerprint density at radius 2 is 1.74 bits per heavy atom. The van der Waals surface area contributed by atoms with Gasteiger partial charge in [0.15, 0.2) is 19.8 Å². The first-order valence-electron chi connectivity index (χ1n) is 12.0. The Morgan fingerprint density at radius 1 is 1.11 bits per heavy atom. The molecule has 0 aromatic heterocycles. The van der Waals surface area contributed by atoms with Crippen LogP contribution in [-0.4, -0.2) is 78.3 Å². The van der Waals surface area contributed by atoms with E-state index < -0.39 is 8.32 Å². The Labute approximate surface area is 210 Å². The topological polar surface area (TPSA) is 110 Å². The van der Waals surface area contributed by atoms with Crippen LogP contribution < -0.4 is 15.2 Å². The largest absolute Gasteiger partial charge is 0.493 e. The summed E-state index contributed by atoms with van der Waals surface area (Å²) in [6, 6.07) is 2.94. The van der Waals surface area contributed by atoms with E-state index in [9.17, 15) is 9.59 Å². The third kappa shape index (κ3) is 7.11. The molecule has 2 rings (SSSR count). The van der Waals surface area contributed by atoms with Gasteiger partial charge in [-0.05, 0) is 37.0 Å². The number of benzene rings is 1. The molecule has 2 atom stereocenters. The monoisotopic (exact) mass is 510 g/mol. The molecule has 1 aliphatic rings. The Kier molecular flexibility index (Phi) is 10.00. The average molecular weight is 511 g/mol. The lowest BCUT2D eigenvalue weighted by Crippen LogP contribution is -2.49. The van der Waals surface area contributed by atoms with Gasteiger partial charge in [0.25, 0.3) is 5.91 Å². The van der Waals surface area contributed by atoms with Gasteiger partial charge >= 0.3 is 5.97 Å². The van der Waals surface area contributed by atoms with Crippen LogP contribution in [0, 0.1) is 0 Å². The number of ether oxygens (including phenoxy) is 4. The Balaban J connectivity index is 2.25. The highest BCUT2D eigenvalue weighted by atomic mass is 28.4. The molecule has 1 amide bonds. The first-order chi connectivity index (χ1) is 16.4. The Morgan fingerprint density at radius 3 is 2.31 bits per heavy atom. The number of nitrogens with zero attached hydrogens (tertiary/aromatic N) is 1. The van der Waals surface area contributed by atoms with Crippen LogP contribution in [0.4, 0.5) is 5.69 Å². The normalized spacial score (nSPS) is 18.5. The summed E-state index contributed by atoms with van der Waals surface area (Å²) in [6.07, 6.45) is 1.31. The van der Waals surface area contributed by atoms with Crippen molar-refractivity contribution in [2.45, 2.75) is 70.3 Å². The zero-order chi connectivity index (χ0) is 26.4. The third-order valence-electron chi connectivity index (χ3n) is 7.04. The summed E-state index contributed by atoms with van der Waals surface area (Å²) in [7, 11) is 2.36. The van der Waals surface area contributed by atoms with E-state index >= 15 is 0 Å². The molecule has 1 aliphatic heterocycles. The molecule has 0 aliphatic carbocycles. The Bertz CT molecular complexity index is 885. The average Bonchev–Trinajstić information content (AvgIpc) is 3.21. The first-order valence-corrected chi connectivity index (χ1v) is 14.9. The lowest BCUT2D eigenvalue weighted by Gasteiger charge is -2.38. The molecule has 10 heteroatoms. The highest BCUT2D eigenvalue weighted by Gasteiger charge is 2.43. The molecule has 2 N–H and O–H groups in total. The number of amides is 1. The summed E-state index contributed by atoms with van der Waals surface area (Å²) in [4.78, 5) is 26.9. The molecule has 198 valence electrons. The number of carbonyl (C=O) groups excluding carboxylic acids is 2. The second kappa shape index (κ2) is 12.1. The van der Waals surface area contributed by atoms with Crippen molar-refractivity contribution in [3.8, 4) is 11.5 Å². The number of likely N-dealkylation sites (tertiary alicyclic amines) is 1. The van der Waals surface area contributed by atoms with Gasteiger partial charge in [0.1, 0.15) is 0 Å². The minimum atomic E-state index is -2.06. The van der Waals surface area contributed by atoms with Crippen LogP contribution in [0.3, 0.4) is 0 Å². The van der Waals surface area contributed by atoms with E-state index in [1.54, 1.807) is 17.0 Å². The van der Waals surface area contributed by atoms with E-state index in [-0.39, 0.29) is 29.1 Å². The summed E-state index contributed by atoms with van der Waals surface area (Å²) in [5.74, 6) is 0.438. The van der Waals surface area contributed by atoms with Crippen molar-refractivity contribution in [2.75, 3.05) is 46.8 Å². The maximum atomic E-state index is 13.7. The lowest BCUT2D eigenvalue weighted by atomic mass is 10.1. The standard InChI is InChI=1S/C25H42N2O7Si/c1-25(2,3)35(7,8)34-16-19-20(33-13-9-10-23(28)32-6)11-12-27(19)24(29)17-14-21(30-4)22(31-5)15-18(17)26/h14-15,19-20H,9-13,16,26H2,1-8H3/t19-,20+/m1/s1. The molecule has 0 unspecified atom stereocenters. The van der Waals surface area contributed by atoms with Crippen LogP contribution in [0.2, 0.25) is 18.1 Å². The first kappa shape index (κ1) is 28.9. The number of nitrogen functional groups attached to an aromatic ring is 1. The number of hydrogen-bond acceptors (Lipinski definition) is 8. The van der Waals surface area contributed by atoms with Crippen LogP contribution in [-0.2, 0) is 18.7 Å². The summed E-state index contributed by atoms with van der Waals surface area (Å²) in [6.45, 7) is 12.2. The quantitative estimate of drug-likeness (QED) is 0.207. The van der Waals surface area contributed by atoms with Gasteiger partial charge in [-0.3, -0.25) is 9.59 Å². The maximum absolute atomic E-state index is 13.7. The zero-order valence-corrected chi connectivity index (χ0v) is 23.4. The molecular formula is C25H42N2O7Si. The molecule has 0 radical (unpaired) electrons. The molecular weight excluding hydrogens is 468 g/mol.